The Balaban J connectivity index is 1.77. The Morgan fingerprint density at radius 3 is 2.47 bits per heavy atom. The van der Waals surface area contributed by atoms with E-state index in [0.29, 0.717) is 6.04 Å². The quantitative estimate of drug-likeness (QED) is 0.744. The van der Waals surface area contributed by atoms with Crippen LogP contribution in [-0.4, -0.2) is 48.3 Å². The molecule has 112 valence electrons. The maximum atomic E-state index is 10.4. The summed E-state index contributed by atoms with van der Waals surface area (Å²) in [5.74, 6) is 0.798. The molecule has 0 radical (unpaired) electrons. The van der Waals surface area contributed by atoms with Gasteiger partial charge in [-0.15, -0.1) is 0 Å². The Hall–Kier alpha value is -0.120. The molecule has 2 fully saturated rings. The summed E-state index contributed by atoms with van der Waals surface area (Å²) >= 11 is 0. The Kier molecular flexibility index (Phi) is 6.62. The molecule has 1 aliphatic carbocycles. The highest BCUT2D eigenvalue weighted by molar-refractivity contribution is 4.80. The summed E-state index contributed by atoms with van der Waals surface area (Å²) in [6.45, 7) is 6.58. The van der Waals surface area contributed by atoms with Crippen LogP contribution in [0.5, 0.6) is 0 Å². The van der Waals surface area contributed by atoms with Gasteiger partial charge in [-0.2, -0.15) is 0 Å². The van der Waals surface area contributed by atoms with Crippen LogP contribution in [0.25, 0.3) is 0 Å². The summed E-state index contributed by atoms with van der Waals surface area (Å²) in [6.07, 6.45) is 10.1. The van der Waals surface area contributed by atoms with Crippen LogP contribution in [-0.2, 0) is 0 Å². The van der Waals surface area contributed by atoms with E-state index >= 15 is 0 Å². The highest BCUT2D eigenvalue weighted by atomic mass is 16.3. The molecule has 2 aliphatic rings. The first-order valence-electron chi connectivity index (χ1n) is 8.42. The van der Waals surface area contributed by atoms with Gasteiger partial charge in [-0.1, -0.05) is 32.6 Å². The van der Waals surface area contributed by atoms with E-state index in [1.165, 1.54) is 44.9 Å². The van der Waals surface area contributed by atoms with Crippen LogP contribution in [0.3, 0.4) is 0 Å². The summed E-state index contributed by atoms with van der Waals surface area (Å²) in [5.41, 5.74) is 0. The first-order chi connectivity index (χ1) is 9.29. The van der Waals surface area contributed by atoms with Gasteiger partial charge in [0.2, 0.25) is 0 Å². The van der Waals surface area contributed by atoms with Gasteiger partial charge in [0.15, 0.2) is 0 Å². The van der Waals surface area contributed by atoms with Crippen molar-refractivity contribution in [3.8, 4) is 0 Å². The molecule has 1 saturated heterocycles. The largest absolute Gasteiger partial charge is 0.392 e. The Morgan fingerprint density at radius 2 is 1.84 bits per heavy atom. The van der Waals surface area contributed by atoms with E-state index in [1.54, 1.807) is 0 Å². The molecule has 1 aliphatic heterocycles. The number of piperidine rings is 1. The molecule has 1 unspecified atom stereocenters. The van der Waals surface area contributed by atoms with Gasteiger partial charge in [-0.25, -0.2) is 0 Å². The van der Waals surface area contributed by atoms with Gasteiger partial charge in [0.05, 0.1) is 6.10 Å². The first-order valence-corrected chi connectivity index (χ1v) is 8.42. The van der Waals surface area contributed by atoms with Gasteiger partial charge in [-0.3, -0.25) is 4.90 Å². The molecule has 19 heavy (non-hydrogen) atoms. The van der Waals surface area contributed by atoms with Gasteiger partial charge in [0.1, 0.15) is 0 Å². The van der Waals surface area contributed by atoms with E-state index in [4.69, 9.17) is 0 Å². The molecule has 0 bridgehead atoms. The highest BCUT2D eigenvalue weighted by Crippen LogP contribution is 2.29. The summed E-state index contributed by atoms with van der Waals surface area (Å²) in [4.78, 5) is 2.56. The molecular weight excluding hydrogens is 236 g/mol. The number of aliphatic hydroxyl groups excluding tert-OH is 1. The number of hydrogen-bond acceptors (Lipinski definition) is 3. The van der Waals surface area contributed by atoms with Crippen molar-refractivity contribution in [1.82, 2.24) is 10.2 Å². The average Bonchev–Trinajstić information content (AvgIpc) is 2.92. The number of nitrogens with one attached hydrogen (secondary N) is 1. The van der Waals surface area contributed by atoms with E-state index in [-0.39, 0.29) is 6.10 Å². The fourth-order valence-electron chi connectivity index (χ4n) is 3.86. The third-order valence-electron chi connectivity index (χ3n) is 4.86. The predicted molar refractivity (Wildman–Crippen MR) is 80.3 cm³/mol. The molecule has 0 aromatic rings. The molecule has 0 amide bonds. The molecule has 0 aromatic carbocycles. The summed E-state index contributed by atoms with van der Waals surface area (Å²) < 4.78 is 0. The summed E-state index contributed by atoms with van der Waals surface area (Å²) in [6, 6.07) is 0.694. The number of hydrogen-bond donors (Lipinski definition) is 2. The third-order valence-corrected chi connectivity index (χ3v) is 4.86. The van der Waals surface area contributed by atoms with Crippen LogP contribution < -0.4 is 5.32 Å². The Morgan fingerprint density at radius 1 is 1.16 bits per heavy atom. The van der Waals surface area contributed by atoms with Crippen LogP contribution in [0.1, 0.15) is 58.3 Å². The molecule has 0 spiro atoms. The first kappa shape index (κ1) is 15.3. The molecule has 1 saturated carbocycles. The third kappa shape index (κ3) is 5.05. The van der Waals surface area contributed by atoms with Crippen molar-refractivity contribution in [1.29, 1.82) is 0 Å². The van der Waals surface area contributed by atoms with Crippen molar-refractivity contribution in [2.24, 2.45) is 5.92 Å². The van der Waals surface area contributed by atoms with E-state index in [1.807, 2.05) is 0 Å². The van der Waals surface area contributed by atoms with Gasteiger partial charge >= 0.3 is 0 Å². The zero-order valence-corrected chi connectivity index (χ0v) is 12.6. The van der Waals surface area contributed by atoms with Gasteiger partial charge in [0.25, 0.3) is 0 Å². The maximum absolute atomic E-state index is 10.4. The summed E-state index contributed by atoms with van der Waals surface area (Å²) in [5, 5.41) is 13.8. The van der Waals surface area contributed by atoms with Gasteiger partial charge in [0, 0.05) is 12.6 Å². The normalized spacial score (nSPS) is 24.2. The van der Waals surface area contributed by atoms with Gasteiger partial charge < -0.3 is 10.4 Å². The predicted octanol–water partition coefficient (Wildman–Crippen LogP) is 2.39. The lowest BCUT2D eigenvalue weighted by Gasteiger charge is -2.36. The molecular formula is C16H32N2O. The average molecular weight is 268 g/mol. The van der Waals surface area contributed by atoms with Crippen LogP contribution in [0.15, 0.2) is 0 Å². The van der Waals surface area contributed by atoms with Crippen molar-refractivity contribution in [2.75, 3.05) is 26.2 Å². The van der Waals surface area contributed by atoms with Crippen molar-refractivity contribution >= 4 is 0 Å². The smallest absolute Gasteiger partial charge is 0.0669 e. The molecule has 1 heterocycles. The van der Waals surface area contributed by atoms with E-state index in [0.717, 1.165) is 38.5 Å². The standard InChI is InChI=1S/C16H32N2O/c1-2-11-18(15-7-9-17-10-8-15)13-16(19)12-14-5-3-4-6-14/h14-17,19H,2-13H2,1H3. The Labute approximate surface area is 118 Å². The van der Waals surface area contributed by atoms with E-state index < -0.39 is 0 Å². The van der Waals surface area contributed by atoms with Crippen molar-refractivity contribution < 1.29 is 5.11 Å². The molecule has 2 rings (SSSR count). The minimum atomic E-state index is -0.107. The van der Waals surface area contributed by atoms with Crippen LogP contribution in [0, 0.1) is 5.92 Å². The molecule has 3 nitrogen and oxygen atoms in total. The van der Waals surface area contributed by atoms with Crippen LogP contribution in [0.4, 0.5) is 0 Å². The second-order valence-electron chi connectivity index (χ2n) is 6.52. The lowest BCUT2D eigenvalue weighted by molar-refractivity contribution is 0.0611. The Bertz CT molecular complexity index is 235. The molecule has 2 N–H and O–H groups in total. The molecule has 0 aromatic heterocycles. The minimum Gasteiger partial charge on any atom is -0.392 e. The lowest BCUT2D eigenvalue weighted by atomic mass is 9.98. The second-order valence-corrected chi connectivity index (χ2v) is 6.52. The number of aliphatic hydroxyl groups is 1. The fourth-order valence-corrected chi connectivity index (χ4v) is 3.86. The molecule has 3 heteroatoms. The fraction of sp³-hybridized carbons (Fsp3) is 1.00. The van der Waals surface area contributed by atoms with Crippen molar-refractivity contribution in [2.45, 2.75) is 70.4 Å². The SMILES string of the molecule is CCCN(CC(O)CC1CCCC1)C1CCNCC1. The highest BCUT2D eigenvalue weighted by Gasteiger charge is 2.24. The lowest BCUT2D eigenvalue weighted by Crippen LogP contribution is -2.46. The molecule has 1 atom stereocenters. The minimum absolute atomic E-state index is 0.107. The second kappa shape index (κ2) is 8.23. The van der Waals surface area contributed by atoms with Gasteiger partial charge in [-0.05, 0) is 51.2 Å². The van der Waals surface area contributed by atoms with Crippen molar-refractivity contribution in [3.63, 3.8) is 0 Å². The number of rotatable bonds is 7. The number of nitrogens with zero attached hydrogens (tertiary/aromatic N) is 1. The monoisotopic (exact) mass is 268 g/mol. The van der Waals surface area contributed by atoms with E-state index in [2.05, 4.69) is 17.1 Å². The maximum Gasteiger partial charge on any atom is 0.0669 e. The zero-order chi connectivity index (χ0) is 13.5. The topological polar surface area (TPSA) is 35.5 Å². The van der Waals surface area contributed by atoms with E-state index in [9.17, 15) is 5.11 Å². The van der Waals surface area contributed by atoms with Crippen molar-refractivity contribution in [3.05, 3.63) is 0 Å². The van der Waals surface area contributed by atoms with Crippen LogP contribution in [0.2, 0.25) is 0 Å². The van der Waals surface area contributed by atoms with Crippen LogP contribution >= 0.6 is 0 Å². The zero-order valence-electron chi connectivity index (χ0n) is 12.6. The summed E-state index contributed by atoms with van der Waals surface area (Å²) in [7, 11) is 0.